The highest BCUT2D eigenvalue weighted by Gasteiger charge is 2.27. The number of amides is 1. The fourth-order valence-corrected chi connectivity index (χ4v) is 2.85. The Bertz CT molecular complexity index is 638. The largest absolute Gasteiger partial charge is 0.411 e. The number of carbonyl (C=O) groups is 1. The highest BCUT2D eigenvalue weighted by molar-refractivity contribution is 6.40. The van der Waals surface area contributed by atoms with Gasteiger partial charge in [0.15, 0.2) is 4.91 Å². The number of benzene rings is 1. The molecule has 1 aliphatic heterocycles. The van der Waals surface area contributed by atoms with E-state index in [4.69, 9.17) is 17.0 Å². The van der Waals surface area contributed by atoms with Crippen molar-refractivity contribution in [3.05, 3.63) is 34.2 Å². The molecule has 2 N–H and O–H groups in total. The molecule has 0 bridgehead atoms. The van der Waals surface area contributed by atoms with E-state index in [2.05, 4.69) is 15.1 Å². The molecule has 1 aromatic carbocycles. The van der Waals surface area contributed by atoms with Crippen molar-refractivity contribution in [2.75, 3.05) is 18.0 Å². The SMILES string of the molecule is CC(=N)C(CNC(=O)CC1CCCN1c1ccc(Cl)cc1)=[N+]=O. The predicted octanol–water partition coefficient (Wildman–Crippen LogP) is 2.13. The van der Waals surface area contributed by atoms with Gasteiger partial charge < -0.3 is 10.2 Å². The first-order valence-corrected chi connectivity index (χ1v) is 7.92. The zero-order valence-corrected chi connectivity index (χ0v) is 13.8. The lowest BCUT2D eigenvalue weighted by Gasteiger charge is -2.26. The molecule has 0 radical (unpaired) electrons. The van der Waals surface area contributed by atoms with Crippen molar-refractivity contribution in [1.82, 2.24) is 10.2 Å². The van der Waals surface area contributed by atoms with E-state index in [0.29, 0.717) is 11.4 Å². The number of hydrogen-bond donors (Lipinski definition) is 2. The van der Waals surface area contributed by atoms with Crippen LogP contribution in [0, 0.1) is 10.3 Å². The number of halogens is 1. The molecular formula is C16H20ClN4O2+. The minimum atomic E-state index is -0.140. The second kappa shape index (κ2) is 7.90. The van der Waals surface area contributed by atoms with Crippen molar-refractivity contribution in [2.45, 2.75) is 32.2 Å². The Morgan fingerprint density at radius 2 is 2.13 bits per heavy atom. The maximum absolute atomic E-state index is 12.1. The van der Waals surface area contributed by atoms with Crippen LogP contribution in [0.2, 0.25) is 5.02 Å². The van der Waals surface area contributed by atoms with E-state index in [1.807, 2.05) is 24.3 Å². The van der Waals surface area contributed by atoms with Crippen LogP contribution < -0.4 is 15.1 Å². The van der Waals surface area contributed by atoms with Crippen LogP contribution in [0.1, 0.15) is 26.2 Å². The molecule has 23 heavy (non-hydrogen) atoms. The van der Waals surface area contributed by atoms with Crippen LogP contribution in [-0.2, 0) is 4.79 Å². The standard InChI is InChI=1S/C16H19ClN4O2/c1-11(18)15(20-23)10-19-16(22)9-14-3-2-8-21(14)13-6-4-12(17)5-7-13/h4-7,14,18H,2-3,8-10H2,1H3/p+1. The third kappa shape index (κ3) is 4.65. The lowest BCUT2D eigenvalue weighted by Crippen LogP contribution is -2.38. The van der Waals surface area contributed by atoms with Crippen LogP contribution in [0.5, 0.6) is 0 Å². The van der Waals surface area contributed by atoms with Crippen LogP contribution in [0.4, 0.5) is 5.69 Å². The van der Waals surface area contributed by atoms with E-state index < -0.39 is 0 Å². The summed E-state index contributed by atoms with van der Waals surface area (Å²) in [5, 5.41) is 10.7. The fraction of sp³-hybridized carbons (Fsp3) is 0.438. The van der Waals surface area contributed by atoms with Gasteiger partial charge in [-0.25, -0.2) is 0 Å². The second-order valence-electron chi connectivity index (χ2n) is 5.61. The molecule has 6 nitrogen and oxygen atoms in total. The van der Waals surface area contributed by atoms with Gasteiger partial charge >= 0.3 is 5.71 Å². The lowest BCUT2D eigenvalue weighted by molar-refractivity contribution is -0.121. The molecule has 1 heterocycles. The highest BCUT2D eigenvalue weighted by atomic mass is 35.5. The highest BCUT2D eigenvalue weighted by Crippen LogP contribution is 2.28. The van der Waals surface area contributed by atoms with Crippen LogP contribution >= 0.6 is 11.6 Å². The molecule has 1 aromatic rings. The van der Waals surface area contributed by atoms with E-state index >= 15 is 0 Å². The summed E-state index contributed by atoms with van der Waals surface area (Å²) in [6.07, 6.45) is 2.33. The van der Waals surface area contributed by atoms with Gasteiger partial charge in [-0.15, -0.1) is 0 Å². The van der Waals surface area contributed by atoms with Crippen molar-refractivity contribution >= 4 is 34.6 Å². The molecule has 1 fully saturated rings. The number of anilines is 1. The lowest BCUT2D eigenvalue weighted by atomic mass is 10.1. The monoisotopic (exact) mass is 335 g/mol. The molecule has 1 saturated heterocycles. The number of nitrogens with zero attached hydrogens (tertiary/aromatic N) is 2. The fourth-order valence-electron chi connectivity index (χ4n) is 2.72. The molecule has 0 aliphatic carbocycles. The molecule has 1 unspecified atom stereocenters. The topological polar surface area (TPSA) is 87.4 Å². The zero-order chi connectivity index (χ0) is 16.8. The van der Waals surface area contributed by atoms with Crippen molar-refractivity contribution in [2.24, 2.45) is 0 Å². The molecule has 0 spiro atoms. The quantitative estimate of drug-likeness (QED) is 0.616. The number of hydrogen-bond acceptors (Lipinski definition) is 4. The van der Waals surface area contributed by atoms with E-state index in [-0.39, 0.29) is 29.9 Å². The summed E-state index contributed by atoms with van der Waals surface area (Å²) in [4.78, 5) is 27.6. The van der Waals surface area contributed by atoms with Gasteiger partial charge in [-0.2, -0.15) is 0 Å². The Kier molecular flexibility index (Phi) is 5.90. The molecule has 7 heteroatoms. The van der Waals surface area contributed by atoms with E-state index in [0.717, 1.165) is 25.1 Å². The summed E-state index contributed by atoms with van der Waals surface area (Å²) >= 11 is 5.91. The average Bonchev–Trinajstić information content (AvgIpc) is 2.96. The van der Waals surface area contributed by atoms with Crippen molar-refractivity contribution in [3.8, 4) is 0 Å². The predicted molar refractivity (Wildman–Crippen MR) is 93.4 cm³/mol. The summed E-state index contributed by atoms with van der Waals surface area (Å²) < 4.78 is 0. The second-order valence-corrected chi connectivity index (χ2v) is 6.05. The number of nitroso groups, excluding NO2 is 1. The normalized spacial score (nSPS) is 16.8. The zero-order valence-electron chi connectivity index (χ0n) is 13.0. The maximum atomic E-state index is 12.1. The number of carbonyl (C=O) groups excluding carboxylic acids is 1. The Morgan fingerprint density at radius 3 is 2.74 bits per heavy atom. The van der Waals surface area contributed by atoms with Gasteiger partial charge in [-0.3, -0.25) is 10.2 Å². The molecule has 1 aliphatic rings. The molecule has 1 amide bonds. The molecule has 0 aromatic heterocycles. The number of rotatable bonds is 6. The Balaban J connectivity index is 1.93. The minimum absolute atomic E-state index is 0.00529. The van der Waals surface area contributed by atoms with Gasteiger partial charge in [0.2, 0.25) is 10.8 Å². The summed E-state index contributed by atoms with van der Waals surface area (Å²) in [5.41, 5.74) is 1.19. The number of nitrogens with one attached hydrogen (secondary N) is 2. The Labute approximate surface area is 140 Å². The van der Waals surface area contributed by atoms with Gasteiger partial charge in [0.1, 0.15) is 12.3 Å². The minimum Gasteiger partial charge on any atom is -0.368 e. The average molecular weight is 336 g/mol. The molecule has 122 valence electrons. The van der Waals surface area contributed by atoms with Crippen LogP contribution in [0.15, 0.2) is 24.3 Å². The summed E-state index contributed by atoms with van der Waals surface area (Å²) in [5.74, 6) is -0.140. The molecule has 0 saturated carbocycles. The molecule has 2 rings (SSSR count). The van der Waals surface area contributed by atoms with Gasteiger partial charge in [0.05, 0.1) is 0 Å². The van der Waals surface area contributed by atoms with Gasteiger partial charge in [-0.1, -0.05) is 11.6 Å². The van der Waals surface area contributed by atoms with Gasteiger partial charge in [0, 0.05) is 29.7 Å². The van der Waals surface area contributed by atoms with Gasteiger partial charge in [0.25, 0.3) is 0 Å². The van der Waals surface area contributed by atoms with Crippen molar-refractivity contribution < 1.29 is 4.79 Å². The van der Waals surface area contributed by atoms with E-state index in [9.17, 15) is 9.70 Å². The first kappa shape index (κ1) is 17.2. The Hall–Kier alpha value is -2.17. The first-order chi connectivity index (χ1) is 11.0. The molecular weight excluding hydrogens is 316 g/mol. The third-order valence-corrected chi connectivity index (χ3v) is 4.20. The first-order valence-electron chi connectivity index (χ1n) is 7.55. The van der Waals surface area contributed by atoms with Crippen LogP contribution in [-0.4, -0.2) is 36.5 Å². The van der Waals surface area contributed by atoms with Crippen LogP contribution in [0.25, 0.3) is 0 Å². The Morgan fingerprint density at radius 1 is 1.43 bits per heavy atom. The summed E-state index contributed by atoms with van der Waals surface area (Å²) in [6, 6.07) is 7.73. The van der Waals surface area contributed by atoms with E-state index in [1.165, 1.54) is 6.92 Å². The smallest absolute Gasteiger partial charge is 0.368 e. The van der Waals surface area contributed by atoms with Crippen molar-refractivity contribution in [1.29, 1.82) is 5.41 Å². The molecule has 1 atom stereocenters. The van der Waals surface area contributed by atoms with Gasteiger partial charge in [-0.05, 0) is 44.0 Å². The van der Waals surface area contributed by atoms with Crippen molar-refractivity contribution in [3.63, 3.8) is 0 Å². The third-order valence-electron chi connectivity index (χ3n) is 3.95. The summed E-state index contributed by atoms with van der Waals surface area (Å²) in [7, 11) is 0. The van der Waals surface area contributed by atoms with E-state index in [1.54, 1.807) is 0 Å². The maximum Gasteiger partial charge on any atom is 0.411 e. The van der Waals surface area contributed by atoms with Crippen LogP contribution in [0.3, 0.4) is 0 Å². The summed E-state index contributed by atoms with van der Waals surface area (Å²) in [6.45, 7) is 2.39.